The second-order valence-corrected chi connectivity index (χ2v) is 6.47. The van der Waals surface area contributed by atoms with Crippen LogP contribution < -0.4 is 15.8 Å². The molecule has 0 aliphatic heterocycles. The zero-order valence-electron chi connectivity index (χ0n) is 15.9. The van der Waals surface area contributed by atoms with Crippen LogP contribution >= 0.6 is 0 Å². The van der Waals surface area contributed by atoms with Gasteiger partial charge in [-0.1, -0.05) is 24.3 Å². The van der Waals surface area contributed by atoms with E-state index in [9.17, 15) is 5.11 Å². The van der Waals surface area contributed by atoms with Gasteiger partial charge in [-0.05, 0) is 28.8 Å². The minimum absolute atomic E-state index is 0.00781. The Labute approximate surface area is 167 Å². The van der Waals surface area contributed by atoms with Gasteiger partial charge in [-0.3, -0.25) is 9.55 Å². The molecule has 3 heterocycles. The van der Waals surface area contributed by atoms with E-state index in [0.717, 1.165) is 16.7 Å². The van der Waals surface area contributed by atoms with E-state index in [4.69, 9.17) is 10.5 Å². The third-order valence-electron chi connectivity index (χ3n) is 4.52. The minimum atomic E-state index is 0.00781. The molecule has 4 rings (SSSR count). The van der Waals surface area contributed by atoms with E-state index in [-0.39, 0.29) is 12.4 Å². The molecular weight excluding hydrogens is 370 g/mol. The predicted molar refractivity (Wildman–Crippen MR) is 109 cm³/mol. The number of hydrogen-bond donors (Lipinski definition) is 3. The van der Waals surface area contributed by atoms with Crippen molar-refractivity contribution in [3.05, 3.63) is 65.5 Å². The maximum atomic E-state index is 9.23. The number of imidazole rings is 1. The summed E-state index contributed by atoms with van der Waals surface area (Å²) in [5, 5.41) is 12.4. The fourth-order valence-electron chi connectivity index (χ4n) is 2.99. The van der Waals surface area contributed by atoms with Gasteiger partial charge in [0.05, 0.1) is 20.3 Å². The first-order valence-electron chi connectivity index (χ1n) is 9.07. The van der Waals surface area contributed by atoms with E-state index < -0.39 is 0 Å². The molecule has 0 saturated heterocycles. The van der Waals surface area contributed by atoms with Crippen LogP contribution in [0.2, 0.25) is 0 Å². The molecule has 148 valence electrons. The molecule has 9 nitrogen and oxygen atoms in total. The van der Waals surface area contributed by atoms with Crippen LogP contribution in [0.15, 0.2) is 48.8 Å². The highest BCUT2D eigenvalue weighted by atomic mass is 16.5. The van der Waals surface area contributed by atoms with Gasteiger partial charge in [0, 0.05) is 18.9 Å². The third kappa shape index (κ3) is 3.94. The number of nitrogen functional groups attached to an aromatic ring is 1. The maximum Gasteiger partial charge on any atom is 0.298 e. The van der Waals surface area contributed by atoms with Crippen molar-refractivity contribution in [2.45, 2.75) is 19.7 Å². The highest BCUT2D eigenvalue weighted by Gasteiger charge is 2.17. The highest BCUT2D eigenvalue weighted by Crippen LogP contribution is 2.26. The fourth-order valence-corrected chi connectivity index (χ4v) is 2.99. The maximum absolute atomic E-state index is 9.23. The summed E-state index contributed by atoms with van der Waals surface area (Å²) < 4.78 is 7.28. The first-order valence-corrected chi connectivity index (χ1v) is 9.07. The van der Waals surface area contributed by atoms with Crippen molar-refractivity contribution in [2.24, 2.45) is 0 Å². The molecular formula is C20H21N7O2. The number of ether oxygens (including phenoxy) is 1. The van der Waals surface area contributed by atoms with Crippen LogP contribution in [0.4, 0.5) is 11.8 Å². The van der Waals surface area contributed by atoms with Crippen LogP contribution in [-0.2, 0) is 19.7 Å². The number of aliphatic hydroxyl groups is 1. The molecule has 0 bridgehead atoms. The smallest absolute Gasteiger partial charge is 0.298 e. The SMILES string of the molecule is COc1nc2c(N)nc(NCc3ccncc3)nc2n1Cc1ccc(CO)cc1. The average Bonchev–Trinajstić information content (AvgIpc) is 3.11. The number of anilines is 2. The summed E-state index contributed by atoms with van der Waals surface area (Å²) in [5.74, 6) is 0.686. The largest absolute Gasteiger partial charge is 0.468 e. The summed E-state index contributed by atoms with van der Waals surface area (Å²) in [6.45, 7) is 1.04. The number of aromatic nitrogens is 5. The number of aliphatic hydroxyl groups excluding tert-OH is 1. The van der Waals surface area contributed by atoms with E-state index in [2.05, 4.69) is 25.3 Å². The molecule has 0 saturated carbocycles. The van der Waals surface area contributed by atoms with Crippen LogP contribution in [0, 0.1) is 0 Å². The molecule has 0 unspecified atom stereocenters. The van der Waals surface area contributed by atoms with Gasteiger partial charge < -0.3 is 20.9 Å². The molecule has 0 fully saturated rings. The Kier molecular flexibility index (Phi) is 5.21. The molecule has 0 spiro atoms. The monoisotopic (exact) mass is 391 g/mol. The predicted octanol–water partition coefficient (Wildman–Crippen LogP) is 1.96. The van der Waals surface area contributed by atoms with E-state index in [1.165, 1.54) is 0 Å². The number of nitrogens with one attached hydrogen (secondary N) is 1. The molecule has 0 aliphatic carbocycles. The van der Waals surface area contributed by atoms with E-state index in [1.807, 2.05) is 41.0 Å². The number of nitrogens with zero attached hydrogens (tertiary/aromatic N) is 5. The molecule has 1 aromatic carbocycles. The first-order chi connectivity index (χ1) is 14.2. The Bertz CT molecular complexity index is 1110. The Hall–Kier alpha value is -3.72. The van der Waals surface area contributed by atoms with Crippen LogP contribution in [0.1, 0.15) is 16.7 Å². The van der Waals surface area contributed by atoms with Gasteiger partial charge in [-0.15, -0.1) is 0 Å². The van der Waals surface area contributed by atoms with Gasteiger partial charge in [0.2, 0.25) is 5.95 Å². The molecule has 0 atom stereocenters. The lowest BCUT2D eigenvalue weighted by molar-refractivity contribution is 0.282. The number of methoxy groups -OCH3 is 1. The van der Waals surface area contributed by atoms with Gasteiger partial charge >= 0.3 is 0 Å². The summed E-state index contributed by atoms with van der Waals surface area (Å²) in [6.07, 6.45) is 3.47. The molecule has 0 amide bonds. The van der Waals surface area contributed by atoms with Crippen molar-refractivity contribution in [2.75, 3.05) is 18.2 Å². The number of rotatable bonds is 7. The van der Waals surface area contributed by atoms with Crippen molar-refractivity contribution >= 4 is 22.9 Å². The van der Waals surface area contributed by atoms with Gasteiger partial charge in [0.1, 0.15) is 0 Å². The zero-order valence-corrected chi connectivity index (χ0v) is 15.9. The Morgan fingerprint density at radius 1 is 1.00 bits per heavy atom. The summed E-state index contributed by atoms with van der Waals surface area (Å²) in [7, 11) is 1.55. The standard InChI is InChI=1S/C20H21N7O2/c1-29-20-24-16-17(21)25-19(23-10-13-6-8-22-9-7-13)26-18(16)27(20)11-14-2-4-15(12-28)5-3-14/h2-9,28H,10-12H2,1H3,(H3,21,23,25,26). The quantitative estimate of drug-likeness (QED) is 0.437. The van der Waals surface area contributed by atoms with Crippen LogP contribution in [0.5, 0.6) is 6.01 Å². The normalized spacial score (nSPS) is 11.0. The van der Waals surface area contributed by atoms with Crippen molar-refractivity contribution in [1.29, 1.82) is 0 Å². The molecule has 0 radical (unpaired) electrons. The lowest BCUT2D eigenvalue weighted by Gasteiger charge is -2.09. The lowest BCUT2D eigenvalue weighted by atomic mass is 10.1. The van der Waals surface area contributed by atoms with Gasteiger partial charge in [-0.2, -0.15) is 15.0 Å². The van der Waals surface area contributed by atoms with Crippen LogP contribution in [-0.4, -0.2) is 36.7 Å². The molecule has 4 aromatic rings. The molecule has 0 aliphatic rings. The average molecular weight is 391 g/mol. The van der Waals surface area contributed by atoms with Crippen molar-refractivity contribution in [3.63, 3.8) is 0 Å². The van der Waals surface area contributed by atoms with Gasteiger partial charge in [-0.25, -0.2) is 0 Å². The van der Waals surface area contributed by atoms with Gasteiger partial charge in [0.25, 0.3) is 6.01 Å². The van der Waals surface area contributed by atoms with E-state index >= 15 is 0 Å². The van der Waals surface area contributed by atoms with Gasteiger partial charge in [0.15, 0.2) is 17.0 Å². The van der Waals surface area contributed by atoms with Crippen molar-refractivity contribution in [1.82, 2.24) is 24.5 Å². The minimum Gasteiger partial charge on any atom is -0.468 e. The Morgan fingerprint density at radius 2 is 1.72 bits per heavy atom. The van der Waals surface area contributed by atoms with Crippen LogP contribution in [0.25, 0.3) is 11.2 Å². The Balaban J connectivity index is 1.67. The molecule has 3 aromatic heterocycles. The number of nitrogens with two attached hydrogens (primary N) is 1. The molecule has 9 heteroatoms. The first kappa shape index (κ1) is 18.6. The number of benzene rings is 1. The zero-order chi connectivity index (χ0) is 20.2. The molecule has 29 heavy (non-hydrogen) atoms. The summed E-state index contributed by atoms with van der Waals surface area (Å²) in [5.41, 5.74) is 10.1. The van der Waals surface area contributed by atoms with E-state index in [1.54, 1.807) is 19.5 Å². The summed E-state index contributed by atoms with van der Waals surface area (Å²) in [4.78, 5) is 17.4. The summed E-state index contributed by atoms with van der Waals surface area (Å²) >= 11 is 0. The Morgan fingerprint density at radius 3 is 2.41 bits per heavy atom. The van der Waals surface area contributed by atoms with E-state index in [0.29, 0.717) is 36.2 Å². The number of fused-ring (bicyclic) bond motifs is 1. The van der Waals surface area contributed by atoms with Crippen molar-refractivity contribution in [3.8, 4) is 6.01 Å². The second kappa shape index (κ2) is 8.11. The second-order valence-electron chi connectivity index (χ2n) is 6.47. The third-order valence-corrected chi connectivity index (χ3v) is 4.52. The fraction of sp³-hybridized carbons (Fsp3) is 0.200. The topological polar surface area (TPSA) is 124 Å². The number of hydrogen-bond acceptors (Lipinski definition) is 8. The van der Waals surface area contributed by atoms with Crippen LogP contribution in [0.3, 0.4) is 0 Å². The van der Waals surface area contributed by atoms with Crippen molar-refractivity contribution < 1.29 is 9.84 Å². The lowest BCUT2D eigenvalue weighted by Crippen LogP contribution is -2.08. The molecule has 4 N–H and O–H groups in total. The number of pyridine rings is 1. The highest BCUT2D eigenvalue weighted by molar-refractivity contribution is 5.84. The summed E-state index contributed by atoms with van der Waals surface area (Å²) in [6, 6.07) is 11.9.